The first kappa shape index (κ1) is 18.1. The minimum atomic E-state index is 0.0362. The molecule has 0 aliphatic carbocycles. The summed E-state index contributed by atoms with van der Waals surface area (Å²) >= 11 is 0. The second kappa shape index (κ2) is 7.38. The molecular weight excluding hydrogens is 262 g/mol. The third kappa shape index (κ3) is 5.09. The van der Waals surface area contributed by atoms with Crippen LogP contribution in [0.4, 0.5) is 0 Å². The van der Waals surface area contributed by atoms with Crippen molar-refractivity contribution >= 4 is 0 Å². The molecule has 5 heteroatoms. The van der Waals surface area contributed by atoms with Crippen LogP contribution in [0.1, 0.15) is 44.5 Å². The van der Waals surface area contributed by atoms with Crippen molar-refractivity contribution in [1.29, 1.82) is 0 Å². The predicted molar refractivity (Wildman–Crippen MR) is 89.5 cm³/mol. The van der Waals surface area contributed by atoms with Crippen LogP contribution in [0.25, 0.3) is 0 Å². The van der Waals surface area contributed by atoms with Crippen LogP contribution in [-0.2, 0) is 12.5 Å². The zero-order chi connectivity index (χ0) is 16.2. The highest BCUT2D eigenvalue weighted by Gasteiger charge is 2.27. The molecule has 1 heterocycles. The van der Waals surface area contributed by atoms with E-state index in [0.717, 1.165) is 25.2 Å². The maximum atomic E-state index is 6.07. The molecule has 0 saturated heterocycles. The molecule has 2 N–H and O–H groups in total. The Morgan fingerprint density at radius 2 is 1.86 bits per heavy atom. The number of nitrogens with two attached hydrogens (primary N) is 1. The molecule has 1 atom stereocenters. The molecule has 1 aromatic heterocycles. The van der Waals surface area contributed by atoms with Crippen molar-refractivity contribution in [2.45, 2.75) is 38.6 Å². The smallest absolute Gasteiger partial charge is 0.0726 e. The molecule has 1 rings (SSSR count). The highest BCUT2D eigenvalue weighted by molar-refractivity contribution is 5.27. The molecule has 0 aromatic carbocycles. The van der Waals surface area contributed by atoms with Gasteiger partial charge in [0.2, 0.25) is 0 Å². The number of hydrogen-bond donors (Lipinski definition) is 1. The Morgan fingerprint density at radius 1 is 1.24 bits per heavy atom. The molecule has 122 valence electrons. The van der Waals surface area contributed by atoms with Crippen LogP contribution >= 0.6 is 0 Å². The normalized spacial score (nSPS) is 14.2. The Morgan fingerprint density at radius 3 is 2.33 bits per heavy atom. The summed E-state index contributed by atoms with van der Waals surface area (Å²) in [5.41, 5.74) is 8.52. The van der Waals surface area contributed by atoms with Crippen molar-refractivity contribution in [3.05, 3.63) is 17.5 Å². The van der Waals surface area contributed by atoms with Gasteiger partial charge >= 0.3 is 0 Å². The fourth-order valence-electron chi connectivity index (χ4n) is 2.67. The molecule has 0 bridgehead atoms. The second-order valence-corrected chi connectivity index (χ2v) is 7.25. The van der Waals surface area contributed by atoms with Gasteiger partial charge in [0.05, 0.1) is 11.7 Å². The van der Waals surface area contributed by atoms with Gasteiger partial charge in [0.25, 0.3) is 0 Å². The molecule has 0 amide bonds. The van der Waals surface area contributed by atoms with E-state index in [1.54, 1.807) is 0 Å². The van der Waals surface area contributed by atoms with Crippen LogP contribution in [-0.4, -0.2) is 60.4 Å². The molecule has 0 radical (unpaired) electrons. The highest BCUT2D eigenvalue weighted by Crippen LogP contribution is 2.30. The lowest BCUT2D eigenvalue weighted by Crippen LogP contribution is -2.34. The lowest BCUT2D eigenvalue weighted by atomic mass is 9.87. The number of aryl methyl sites for hydroxylation is 1. The van der Waals surface area contributed by atoms with Crippen molar-refractivity contribution in [3.8, 4) is 0 Å². The van der Waals surface area contributed by atoms with Gasteiger partial charge in [-0.3, -0.25) is 9.58 Å². The predicted octanol–water partition coefficient (Wildman–Crippen LogP) is 1.60. The fraction of sp³-hybridized carbons (Fsp3) is 0.812. The van der Waals surface area contributed by atoms with Crippen molar-refractivity contribution < 1.29 is 0 Å². The van der Waals surface area contributed by atoms with Gasteiger partial charge in [-0.15, -0.1) is 0 Å². The van der Waals surface area contributed by atoms with E-state index in [1.807, 2.05) is 11.7 Å². The minimum absolute atomic E-state index is 0.0362. The Balaban J connectivity index is 2.89. The van der Waals surface area contributed by atoms with Gasteiger partial charge < -0.3 is 10.6 Å². The Kier molecular flexibility index (Phi) is 6.38. The molecule has 0 aliphatic heterocycles. The van der Waals surface area contributed by atoms with Crippen LogP contribution in [0.15, 0.2) is 6.20 Å². The summed E-state index contributed by atoms with van der Waals surface area (Å²) in [5.74, 6) is 0. The Bertz CT molecular complexity index is 430. The van der Waals surface area contributed by atoms with E-state index in [4.69, 9.17) is 5.73 Å². The van der Waals surface area contributed by atoms with Crippen LogP contribution in [0, 0.1) is 0 Å². The molecule has 0 aliphatic rings. The molecule has 21 heavy (non-hydrogen) atoms. The van der Waals surface area contributed by atoms with Crippen LogP contribution < -0.4 is 5.73 Å². The topological polar surface area (TPSA) is 50.3 Å². The van der Waals surface area contributed by atoms with Gasteiger partial charge in [-0.1, -0.05) is 20.8 Å². The van der Waals surface area contributed by atoms with Crippen molar-refractivity contribution in [3.63, 3.8) is 0 Å². The second-order valence-electron chi connectivity index (χ2n) is 7.25. The zero-order valence-electron chi connectivity index (χ0n) is 14.8. The molecule has 5 nitrogen and oxygen atoms in total. The number of rotatable bonds is 7. The molecule has 0 spiro atoms. The molecule has 0 fully saturated rings. The SMILES string of the molecule is CN(C)CCCN(C)C(CN)c1cn(C)nc1C(C)(C)C. The maximum Gasteiger partial charge on any atom is 0.0726 e. The van der Waals surface area contributed by atoms with Gasteiger partial charge in [0, 0.05) is 30.8 Å². The molecule has 0 saturated carbocycles. The zero-order valence-corrected chi connectivity index (χ0v) is 14.8. The van der Waals surface area contributed by atoms with E-state index in [0.29, 0.717) is 6.54 Å². The van der Waals surface area contributed by atoms with Crippen LogP contribution in [0.5, 0.6) is 0 Å². The molecule has 1 aromatic rings. The number of aromatic nitrogens is 2. The maximum absolute atomic E-state index is 6.07. The van der Waals surface area contributed by atoms with E-state index < -0.39 is 0 Å². The Labute approximate surface area is 130 Å². The third-order valence-corrected chi connectivity index (χ3v) is 3.80. The van der Waals surface area contributed by atoms with Gasteiger partial charge in [0.1, 0.15) is 0 Å². The van der Waals surface area contributed by atoms with Crippen molar-refractivity contribution in [2.24, 2.45) is 12.8 Å². The summed E-state index contributed by atoms with van der Waals surface area (Å²) in [7, 11) is 8.36. The van der Waals surface area contributed by atoms with Crippen LogP contribution in [0.2, 0.25) is 0 Å². The standard InChI is InChI=1S/C16H33N5/c1-16(2,3)15-13(12-21(7)18-15)14(11-17)20(6)10-8-9-19(4)5/h12,14H,8-11,17H2,1-7H3. The Hall–Kier alpha value is -0.910. The van der Waals surface area contributed by atoms with E-state index >= 15 is 0 Å². The van der Waals surface area contributed by atoms with E-state index in [9.17, 15) is 0 Å². The summed E-state index contributed by atoms with van der Waals surface area (Å²) in [4.78, 5) is 4.58. The third-order valence-electron chi connectivity index (χ3n) is 3.80. The summed E-state index contributed by atoms with van der Waals surface area (Å²) in [6.45, 7) is 9.38. The fourth-order valence-corrected chi connectivity index (χ4v) is 2.67. The van der Waals surface area contributed by atoms with E-state index in [-0.39, 0.29) is 11.5 Å². The molecular formula is C16H33N5. The van der Waals surface area contributed by atoms with Crippen molar-refractivity contribution in [1.82, 2.24) is 19.6 Å². The summed E-state index contributed by atoms with van der Waals surface area (Å²) in [6, 6.07) is 0.232. The van der Waals surface area contributed by atoms with Gasteiger partial charge in [-0.2, -0.15) is 5.10 Å². The van der Waals surface area contributed by atoms with Gasteiger partial charge in [-0.05, 0) is 40.7 Å². The molecule has 1 unspecified atom stereocenters. The van der Waals surface area contributed by atoms with Crippen molar-refractivity contribution in [2.75, 3.05) is 40.8 Å². The van der Waals surface area contributed by atoms with Crippen LogP contribution in [0.3, 0.4) is 0 Å². The van der Waals surface area contributed by atoms with E-state index in [2.05, 4.69) is 63.0 Å². The lowest BCUT2D eigenvalue weighted by Gasteiger charge is -2.29. The minimum Gasteiger partial charge on any atom is -0.329 e. The number of hydrogen-bond acceptors (Lipinski definition) is 4. The highest BCUT2D eigenvalue weighted by atomic mass is 15.3. The quantitative estimate of drug-likeness (QED) is 0.830. The summed E-state index contributed by atoms with van der Waals surface area (Å²) in [5, 5.41) is 4.67. The van der Waals surface area contributed by atoms with Gasteiger partial charge in [-0.25, -0.2) is 0 Å². The monoisotopic (exact) mass is 295 g/mol. The largest absolute Gasteiger partial charge is 0.329 e. The lowest BCUT2D eigenvalue weighted by molar-refractivity contribution is 0.233. The first-order valence-corrected chi connectivity index (χ1v) is 7.76. The number of nitrogens with zero attached hydrogens (tertiary/aromatic N) is 4. The van der Waals surface area contributed by atoms with E-state index in [1.165, 1.54) is 5.56 Å². The first-order valence-electron chi connectivity index (χ1n) is 7.76. The number of likely N-dealkylation sites (N-methyl/N-ethyl adjacent to an activating group) is 1. The average molecular weight is 295 g/mol. The summed E-state index contributed by atoms with van der Waals surface area (Å²) < 4.78 is 1.91. The average Bonchev–Trinajstić information content (AvgIpc) is 2.71. The first-order chi connectivity index (χ1) is 9.66. The summed E-state index contributed by atoms with van der Waals surface area (Å²) in [6.07, 6.45) is 3.27. The van der Waals surface area contributed by atoms with Gasteiger partial charge in [0.15, 0.2) is 0 Å².